The monoisotopic (exact) mass is 446 g/mol. The average Bonchev–Trinajstić information content (AvgIpc) is 3.55. The molecule has 1 aromatic heterocycles. The summed E-state index contributed by atoms with van der Waals surface area (Å²) in [7, 11) is 3.53. The zero-order valence-corrected chi connectivity index (χ0v) is 19.6. The summed E-state index contributed by atoms with van der Waals surface area (Å²) in [6.45, 7) is 4.46. The Morgan fingerprint density at radius 1 is 1.06 bits per heavy atom. The molecule has 7 heteroatoms. The van der Waals surface area contributed by atoms with Gasteiger partial charge in [0, 0.05) is 31.9 Å². The zero-order valence-electron chi connectivity index (χ0n) is 19.6. The van der Waals surface area contributed by atoms with Crippen LogP contribution in [0.1, 0.15) is 35.6 Å². The molecule has 1 fully saturated rings. The second kappa shape index (κ2) is 11.5. The van der Waals surface area contributed by atoms with Crippen LogP contribution in [0.2, 0.25) is 0 Å². The fraction of sp³-hybridized carbons (Fsp3) is 0.385. The normalized spacial score (nSPS) is 15.4. The van der Waals surface area contributed by atoms with Gasteiger partial charge in [-0.15, -0.1) is 0 Å². The van der Waals surface area contributed by atoms with Crippen molar-refractivity contribution in [2.45, 2.75) is 32.0 Å². The number of aromatic nitrogens is 2. The van der Waals surface area contributed by atoms with Crippen LogP contribution in [0.3, 0.4) is 0 Å². The third-order valence-corrected chi connectivity index (χ3v) is 6.08. The van der Waals surface area contributed by atoms with Gasteiger partial charge < -0.3 is 15.4 Å². The van der Waals surface area contributed by atoms with Crippen molar-refractivity contribution >= 4 is 5.96 Å². The highest BCUT2D eigenvalue weighted by Crippen LogP contribution is 2.27. The van der Waals surface area contributed by atoms with Crippen molar-refractivity contribution in [2.24, 2.45) is 4.99 Å². The molecule has 0 spiro atoms. The number of aliphatic imine (C=N–C) groups is 1. The lowest BCUT2D eigenvalue weighted by atomic mass is 10.1. The molecule has 2 heterocycles. The molecule has 2 N–H and O–H groups in total. The second-order valence-electron chi connectivity index (χ2n) is 8.37. The smallest absolute Gasteiger partial charge is 0.191 e. The van der Waals surface area contributed by atoms with E-state index in [4.69, 9.17) is 4.74 Å². The first-order valence-electron chi connectivity index (χ1n) is 11.6. The Morgan fingerprint density at radius 2 is 1.88 bits per heavy atom. The third kappa shape index (κ3) is 6.35. The molecule has 1 atom stereocenters. The van der Waals surface area contributed by atoms with E-state index in [0.29, 0.717) is 6.54 Å². The summed E-state index contributed by atoms with van der Waals surface area (Å²) >= 11 is 0. The van der Waals surface area contributed by atoms with Crippen LogP contribution in [0.4, 0.5) is 0 Å². The lowest BCUT2D eigenvalue weighted by Gasteiger charge is -2.29. The molecule has 2 aromatic carbocycles. The maximum atomic E-state index is 5.46. The molecule has 174 valence electrons. The van der Waals surface area contributed by atoms with Crippen LogP contribution >= 0.6 is 0 Å². The Bertz CT molecular complexity index is 1030. The third-order valence-electron chi connectivity index (χ3n) is 6.08. The van der Waals surface area contributed by atoms with Gasteiger partial charge in [-0.25, -0.2) is 0 Å². The van der Waals surface area contributed by atoms with Crippen LogP contribution < -0.4 is 15.4 Å². The van der Waals surface area contributed by atoms with Gasteiger partial charge in [0.1, 0.15) is 5.75 Å². The van der Waals surface area contributed by atoms with Crippen LogP contribution in [-0.4, -0.2) is 54.4 Å². The molecular weight excluding hydrogens is 412 g/mol. The number of nitrogens with one attached hydrogen (secondary N) is 2. The molecule has 1 aliphatic heterocycles. The van der Waals surface area contributed by atoms with Crippen molar-refractivity contribution in [3.05, 3.63) is 83.7 Å². The lowest BCUT2D eigenvalue weighted by molar-refractivity contribution is 0.245. The summed E-state index contributed by atoms with van der Waals surface area (Å²) in [5.41, 5.74) is 3.63. The van der Waals surface area contributed by atoms with Crippen molar-refractivity contribution < 1.29 is 4.74 Å². The number of rotatable bonds is 9. The fourth-order valence-corrected chi connectivity index (χ4v) is 4.31. The van der Waals surface area contributed by atoms with E-state index in [9.17, 15) is 0 Å². The molecule has 4 rings (SSSR count). The molecule has 0 aliphatic carbocycles. The van der Waals surface area contributed by atoms with Gasteiger partial charge >= 0.3 is 0 Å². The van der Waals surface area contributed by atoms with E-state index < -0.39 is 0 Å². The minimum absolute atomic E-state index is 0.273. The largest absolute Gasteiger partial charge is 0.497 e. The molecule has 0 radical (unpaired) electrons. The van der Waals surface area contributed by atoms with Gasteiger partial charge in [0.2, 0.25) is 0 Å². The molecule has 0 amide bonds. The fourth-order valence-electron chi connectivity index (χ4n) is 4.31. The number of benzene rings is 2. The van der Waals surface area contributed by atoms with Crippen molar-refractivity contribution in [3.63, 3.8) is 0 Å². The maximum absolute atomic E-state index is 5.46. The standard InChI is InChI=1S/C26H34N6O/c1-27-26(28-16-22-17-30-32(20-22)19-21-9-4-3-5-10-21)29-18-25(31-13-6-7-14-31)23-11-8-12-24(15-23)33-2/h3-5,8-12,15,17,20,25H,6-7,13-14,16,18-19H2,1-2H3,(H2,27,28,29). The molecular formula is C26H34N6O. The summed E-state index contributed by atoms with van der Waals surface area (Å²) in [5.74, 6) is 1.68. The van der Waals surface area contributed by atoms with Gasteiger partial charge in [0.15, 0.2) is 5.96 Å². The quantitative estimate of drug-likeness (QED) is 0.389. The van der Waals surface area contributed by atoms with E-state index >= 15 is 0 Å². The van der Waals surface area contributed by atoms with Gasteiger partial charge in [-0.1, -0.05) is 42.5 Å². The van der Waals surface area contributed by atoms with Crippen LogP contribution in [0.25, 0.3) is 0 Å². The maximum Gasteiger partial charge on any atom is 0.191 e. The van der Waals surface area contributed by atoms with Crippen molar-refractivity contribution in [1.82, 2.24) is 25.3 Å². The molecule has 0 bridgehead atoms. The van der Waals surface area contributed by atoms with E-state index in [0.717, 1.165) is 43.5 Å². The molecule has 1 unspecified atom stereocenters. The number of methoxy groups -OCH3 is 1. The zero-order chi connectivity index (χ0) is 22.9. The van der Waals surface area contributed by atoms with E-state index in [1.807, 2.05) is 30.1 Å². The average molecular weight is 447 g/mol. The highest BCUT2D eigenvalue weighted by Gasteiger charge is 2.24. The Morgan fingerprint density at radius 3 is 2.64 bits per heavy atom. The van der Waals surface area contributed by atoms with Gasteiger partial charge in [0.05, 0.1) is 25.9 Å². The van der Waals surface area contributed by atoms with Gasteiger partial charge in [-0.2, -0.15) is 5.10 Å². The highest BCUT2D eigenvalue weighted by atomic mass is 16.5. The number of likely N-dealkylation sites (tertiary alicyclic amines) is 1. The van der Waals surface area contributed by atoms with Gasteiger partial charge in [-0.05, 0) is 49.2 Å². The van der Waals surface area contributed by atoms with E-state index in [1.165, 1.54) is 24.0 Å². The molecule has 1 aliphatic rings. The SMILES string of the molecule is CN=C(NCc1cnn(Cc2ccccc2)c1)NCC(c1cccc(OC)c1)N1CCCC1. The number of nitrogens with zero attached hydrogens (tertiary/aromatic N) is 4. The lowest BCUT2D eigenvalue weighted by Crippen LogP contribution is -2.42. The van der Waals surface area contributed by atoms with Crippen LogP contribution in [0.5, 0.6) is 5.75 Å². The van der Waals surface area contributed by atoms with E-state index in [-0.39, 0.29) is 6.04 Å². The van der Waals surface area contributed by atoms with Crippen molar-refractivity contribution in [1.29, 1.82) is 0 Å². The van der Waals surface area contributed by atoms with Crippen molar-refractivity contribution in [2.75, 3.05) is 33.8 Å². The van der Waals surface area contributed by atoms with Gasteiger partial charge in [0.25, 0.3) is 0 Å². The van der Waals surface area contributed by atoms with Gasteiger partial charge in [-0.3, -0.25) is 14.6 Å². The van der Waals surface area contributed by atoms with Crippen LogP contribution in [-0.2, 0) is 13.1 Å². The van der Waals surface area contributed by atoms with Crippen LogP contribution in [0.15, 0.2) is 72.0 Å². The highest BCUT2D eigenvalue weighted by molar-refractivity contribution is 5.79. The topological polar surface area (TPSA) is 66.7 Å². The molecule has 33 heavy (non-hydrogen) atoms. The predicted molar refractivity (Wildman–Crippen MR) is 133 cm³/mol. The van der Waals surface area contributed by atoms with E-state index in [1.54, 1.807) is 7.11 Å². The minimum atomic E-state index is 0.273. The van der Waals surface area contributed by atoms with Crippen LogP contribution in [0, 0.1) is 0 Å². The second-order valence-corrected chi connectivity index (χ2v) is 8.37. The molecule has 3 aromatic rings. The van der Waals surface area contributed by atoms with E-state index in [2.05, 4.69) is 74.3 Å². The first-order valence-corrected chi connectivity index (χ1v) is 11.6. The number of hydrogen-bond donors (Lipinski definition) is 2. The summed E-state index contributed by atoms with van der Waals surface area (Å²) in [4.78, 5) is 6.97. The first-order chi connectivity index (χ1) is 16.2. The molecule has 7 nitrogen and oxygen atoms in total. The minimum Gasteiger partial charge on any atom is -0.497 e. The predicted octanol–water partition coefficient (Wildman–Crippen LogP) is 3.44. The first kappa shape index (κ1) is 22.9. The summed E-state index contributed by atoms with van der Waals surface area (Å²) in [6, 6.07) is 19.0. The Kier molecular flexibility index (Phi) is 7.98. The number of guanidine groups is 1. The number of hydrogen-bond acceptors (Lipinski definition) is 4. The Hall–Kier alpha value is -3.32. The Labute approximate surface area is 196 Å². The summed E-state index contributed by atoms with van der Waals surface area (Å²) in [6.07, 6.45) is 6.49. The van der Waals surface area contributed by atoms with Crippen molar-refractivity contribution in [3.8, 4) is 5.75 Å². The molecule has 0 saturated carbocycles. The summed E-state index contributed by atoms with van der Waals surface area (Å²) in [5, 5.41) is 11.4. The molecule has 1 saturated heterocycles. The summed E-state index contributed by atoms with van der Waals surface area (Å²) < 4.78 is 7.43. The number of ether oxygens (including phenoxy) is 1. The Balaban J connectivity index is 1.34.